The molecule has 1 fully saturated rings. The van der Waals surface area contributed by atoms with Crippen molar-refractivity contribution in [2.75, 3.05) is 13.1 Å². The number of hydrogen-bond donors (Lipinski definition) is 1. The molecule has 0 spiro atoms. The van der Waals surface area contributed by atoms with Crippen LogP contribution in [-0.4, -0.2) is 24.2 Å². The van der Waals surface area contributed by atoms with E-state index in [9.17, 15) is 0 Å². The van der Waals surface area contributed by atoms with Crippen LogP contribution in [0.4, 0.5) is 0 Å². The third-order valence-corrected chi connectivity index (χ3v) is 1.54. The summed E-state index contributed by atoms with van der Waals surface area (Å²) in [4.78, 5) is 2.28. The Balaban J connectivity index is 2.03. The van der Waals surface area contributed by atoms with E-state index >= 15 is 0 Å². The maximum Gasteiger partial charge on any atom is 0.0572 e. The summed E-state index contributed by atoms with van der Waals surface area (Å²) in [6.07, 6.45) is 2.72. The van der Waals surface area contributed by atoms with Crippen LogP contribution < -0.4 is 5.73 Å². The second-order valence-corrected chi connectivity index (χ2v) is 2.39. The highest BCUT2D eigenvalue weighted by Crippen LogP contribution is 2.09. The van der Waals surface area contributed by atoms with Crippen LogP contribution >= 0.6 is 0 Å². The first-order chi connectivity index (χ1) is 3.84. The van der Waals surface area contributed by atoms with Gasteiger partial charge < -0.3 is 5.73 Å². The minimum absolute atomic E-state index is 0.361. The molecule has 0 aromatic rings. The fraction of sp³-hybridized carbons (Fsp3) is 1.00. The van der Waals surface area contributed by atoms with E-state index in [1.54, 1.807) is 0 Å². The molecule has 0 saturated carbocycles. The van der Waals surface area contributed by atoms with Crippen molar-refractivity contribution in [2.24, 2.45) is 5.73 Å². The van der Waals surface area contributed by atoms with E-state index < -0.39 is 0 Å². The van der Waals surface area contributed by atoms with Crippen LogP contribution in [0.2, 0.25) is 0 Å². The summed E-state index contributed by atoms with van der Waals surface area (Å²) in [5.74, 6) is 0. The lowest BCUT2D eigenvalue weighted by molar-refractivity contribution is 0.383. The standard InChI is InChI=1S/C6H14N2/c1-2-3-6(7)8-4-5-8/h6H,2-5,7H2,1H3. The summed E-state index contributed by atoms with van der Waals surface area (Å²) in [5, 5.41) is 0. The van der Waals surface area contributed by atoms with Crippen LogP contribution in [0.1, 0.15) is 19.8 Å². The molecule has 1 atom stereocenters. The Morgan fingerprint density at radius 1 is 1.62 bits per heavy atom. The molecule has 0 bridgehead atoms. The zero-order valence-electron chi connectivity index (χ0n) is 5.43. The summed E-state index contributed by atoms with van der Waals surface area (Å²) in [6.45, 7) is 4.62. The van der Waals surface area contributed by atoms with Crippen LogP contribution in [0.5, 0.6) is 0 Å². The fourth-order valence-corrected chi connectivity index (χ4v) is 0.868. The normalized spacial score (nSPS) is 23.2. The highest BCUT2D eigenvalue weighted by Gasteiger charge is 2.22. The van der Waals surface area contributed by atoms with Crippen LogP contribution in [0.25, 0.3) is 0 Å². The van der Waals surface area contributed by atoms with Crippen molar-refractivity contribution in [3.63, 3.8) is 0 Å². The Bertz CT molecular complexity index is 68.9. The zero-order valence-corrected chi connectivity index (χ0v) is 5.43. The molecule has 0 aromatic heterocycles. The van der Waals surface area contributed by atoms with Crippen molar-refractivity contribution >= 4 is 0 Å². The zero-order chi connectivity index (χ0) is 5.98. The minimum Gasteiger partial charge on any atom is -0.316 e. The van der Waals surface area contributed by atoms with Crippen molar-refractivity contribution in [3.8, 4) is 0 Å². The molecule has 1 aliphatic rings. The van der Waals surface area contributed by atoms with Gasteiger partial charge in [0.25, 0.3) is 0 Å². The second-order valence-electron chi connectivity index (χ2n) is 2.39. The molecule has 2 heteroatoms. The highest BCUT2D eigenvalue weighted by atomic mass is 15.3. The van der Waals surface area contributed by atoms with Crippen LogP contribution in [0.3, 0.4) is 0 Å². The third-order valence-electron chi connectivity index (χ3n) is 1.54. The van der Waals surface area contributed by atoms with Gasteiger partial charge in [-0.2, -0.15) is 0 Å². The Kier molecular flexibility index (Phi) is 1.86. The van der Waals surface area contributed by atoms with Gasteiger partial charge >= 0.3 is 0 Å². The predicted octanol–water partition coefficient (Wildman–Crippen LogP) is 0.387. The smallest absolute Gasteiger partial charge is 0.0572 e. The molecule has 2 nitrogen and oxygen atoms in total. The quantitative estimate of drug-likeness (QED) is 0.538. The minimum atomic E-state index is 0.361. The third kappa shape index (κ3) is 1.46. The van der Waals surface area contributed by atoms with Crippen LogP contribution in [0, 0.1) is 0 Å². The van der Waals surface area contributed by atoms with Gasteiger partial charge in [0.1, 0.15) is 0 Å². The van der Waals surface area contributed by atoms with Gasteiger partial charge in [-0.25, -0.2) is 0 Å². The molecule has 48 valence electrons. The average Bonchev–Trinajstić information content (AvgIpc) is 2.45. The van der Waals surface area contributed by atoms with Gasteiger partial charge in [0.2, 0.25) is 0 Å². The van der Waals surface area contributed by atoms with Crippen molar-refractivity contribution in [3.05, 3.63) is 0 Å². The van der Waals surface area contributed by atoms with Gasteiger partial charge in [-0.3, -0.25) is 4.90 Å². The summed E-state index contributed by atoms with van der Waals surface area (Å²) < 4.78 is 0. The molecule has 8 heavy (non-hydrogen) atoms. The summed E-state index contributed by atoms with van der Waals surface area (Å²) in [7, 11) is 0. The van der Waals surface area contributed by atoms with Crippen molar-refractivity contribution < 1.29 is 0 Å². The first-order valence-electron chi connectivity index (χ1n) is 3.34. The lowest BCUT2D eigenvalue weighted by Crippen LogP contribution is -2.28. The van der Waals surface area contributed by atoms with E-state index in [0.717, 1.165) is 6.42 Å². The van der Waals surface area contributed by atoms with Crippen molar-refractivity contribution in [1.29, 1.82) is 0 Å². The Hall–Kier alpha value is -0.0800. The summed E-state index contributed by atoms with van der Waals surface area (Å²) in [6, 6.07) is 0. The first-order valence-corrected chi connectivity index (χ1v) is 3.34. The topological polar surface area (TPSA) is 29.0 Å². The van der Waals surface area contributed by atoms with E-state index in [1.165, 1.54) is 19.5 Å². The van der Waals surface area contributed by atoms with Crippen molar-refractivity contribution in [1.82, 2.24) is 4.90 Å². The lowest BCUT2D eigenvalue weighted by atomic mass is 10.3. The molecule has 1 aliphatic heterocycles. The van der Waals surface area contributed by atoms with E-state index in [1.807, 2.05) is 0 Å². The van der Waals surface area contributed by atoms with Crippen LogP contribution in [0.15, 0.2) is 0 Å². The SMILES string of the molecule is CCCC(N)N1CC1. The van der Waals surface area contributed by atoms with Crippen molar-refractivity contribution in [2.45, 2.75) is 25.9 Å². The van der Waals surface area contributed by atoms with E-state index in [2.05, 4.69) is 11.8 Å². The maximum atomic E-state index is 5.72. The summed E-state index contributed by atoms with van der Waals surface area (Å²) >= 11 is 0. The Morgan fingerprint density at radius 3 is 2.62 bits per heavy atom. The molecular weight excluding hydrogens is 100 g/mol. The van der Waals surface area contributed by atoms with Gasteiger partial charge in [-0.05, 0) is 6.42 Å². The molecule has 1 heterocycles. The molecule has 0 radical (unpaired) electrons. The summed E-state index contributed by atoms with van der Waals surface area (Å²) in [5.41, 5.74) is 5.72. The van der Waals surface area contributed by atoms with E-state index in [0.29, 0.717) is 6.17 Å². The van der Waals surface area contributed by atoms with Gasteiger partial charge in [0.05, 0.1) is 6.17 Å². The van der Waals surface area contributed by atoms with Gasteiger partial charge in [-0.15, -0.1) is 0 Å². The number of hydrogen-bond acceptors (Lipinski definition) is 2. The molecule has 0 aliphatic carbocycles. The van der Waals surface area contributed by atoms with Gasteiger partial charge in [0, 0.05) is 13.1 Å². The van der Waals surface area contributed by atoms with Crippen LogP contribution in [-0.2, 0) is 0 Å². The fourth-order valence-electron chi connectivity index (χ4n) is 0.868. The lowest BCUT2D eigenvalue weighted by Gasteiger charge is -2.08. The number of rotatable bonds is 3. The average molecular weight is 114 g/mol. The maximum absolute atomic E-state index is 5.72. The highest BCUT2D eigenvalue weighted by molar-refractivity contribution is 4.77. The largest absolute Gasteiger partial charge is 0.316 e. The Morgan fingerprint density at radius 2 is 2.25 bits per heavy atom. The molecule has 1 unspecified atom stereocenters. The molecule has 0 amide bonds. The molecule has 0 aromatic carbocycles. The molecule has 2 N–H and O–H groups in total. The molecule has 1 saturated heterocycles. The first kappa shape index (κ1) is 6.05. The predicted molar refractivity (Wildman–Crippen MR) is 34.5 cm³/mol. The Labute approximate surface area is 50.7 Å². The second kappa shape index (κ2) is 2.46. The van der Waals surface area contributed by atoms with Gasteiger partial charge in [0.15, 0.2) is 0 Å². The van der Waals surface area contributed by atoms with Gasteiger partial charge in [-0.1, -0.05) is 13.3 Å². The monoisotopic (exact) mass is 114 g/mol. The van der Waals surface area contributed by atoms with E-state index in [-0.39, 0.29) is 0 Å². The number of nitrogens with zero attached hydrogens (tertiary/aromatic N) is 1. The molecular formula is C6H14N2. The number of nitrogens with two attached hydrogens (primary N) is 1. The molecule has 1 rings (SSSR count). The van der Waals surface area contributed by atoms with E-state index in [4.69, 9.17) is 5.73 Å².